The van der Waals surface area contributed by atoms with E-state index < -0.39 is 0 Å². The molecule has 0 bridgehead atoms. The van der Waals surface area contributed by atoms with Crippen LogP contribution in [0.4, 0.5) is 5.69 Å². The number of amides is 1. The van der Waals surface area contributed by atoms with Gasteiger partial charge in [-0.1, -0.05) is 37.6 Å². The van der Waals surface area contributed by atoms with Crippen LogP contribution in [0.2, 0.25) is 0 Å². The van der Waals surface area contributed by atoms with Gasteiger partial charge in [0.05, 0.1) is 18.9 Å². The highest BCUT2D eigenvalue weighted by Crippen LogP contribution is 2.30. The van der Waals surface area contributed by atoms with Gasteiger partial charge in [0.15, 0.2) is 16.6 Å². The van der Waals surface area contributed by atoms with Gasteiger partial charge in [-0.3, -0.25) is 9.69 Å². The largest absolute Gasteiger partial charge is 0.490 e. The van der Waals surface area contributed by atoms with Gasteiger partial charge in [-0.05, 0) is 61.5 Å². The number of nitrogens with zero attached hydrogens (tertiary/aromatic N) is 1. The van der Waals surface area contributed by atoms with Crippen LogP contribution < -0.4 is 19.7 Å². The maximum Gasteiger partial charge on any atom is 0.281 e. The van der Waals surface area contributed by atoms with Crippen LogP contribution in [0.15, 0.2) is 54.2 Å². The summed E-state index contributed by atoms with van der Waals surface area (Å²) in [5.41, 5.74) is 2.00. The van der Waals surface area contributed by atoms with Crippen molar-refractivity contribution in [2.75, 3.05) is 18.1 Å². The number of anilines is 1. The van der Waals surface area contributed by atoms with Crippen LogP contribution in [0, 0.1) is 0 Å². The molecule has 5 nitrogen and oxygen atoms in total. The smallest absolute Gasteiger partial charge is 0.281 e. The fraction of sp³-hybridized carbons (Fsp3) is 0.273. The van der Waals surface area contributed by atoms with Crippen molar-refractivity contribution in [2.45, 2.75) is 26.7 Å². The molecular weight excluding hydrogens is 372 g/mol. The summed E-state index contributed by atoms with van der Waals surface area (Å²) in [7, 11) is 0. The summed E-state index contributed by atoms with van der Waals surface area (Å²) in [5, 5.41) is 3.37. The predicted octanol–water partition coefficient (Wildman–Crippen LogP) is 4.53. The van der Waals surface area contributed by atoms with E-state index in [2.05, 4.69) is 12.2 Å². The average molecular weight is 397 g/mol. The molecule has 1 N–H and O–H groups in total. The molecule has 2 aromatic rings. The monoisotopic (exact) mass is 396 g/mol. The molecule has 0 aromatic heterocycles. The molecule has 28 heavy (non-hydrogen) atoms. The fourth-order valence-corrected chi connectivity index (χ4v) is 3.14. The van der Waals surface area contributed by atoms with Gasteiger partial charge >= 0.3 is 0 Å². The number of para-hydroxylation sites is 1. The lowest BCUT2D eigenvalue weighted by Crippen LogP contribution is -2.30. The highest BCUT2D eigenvalue weighted by Gasteiger charge is 2.31. The highest BCUT2D eigenvalue weighted by atomic mass is 32.1. The number of thiocarbonyl (C=S) groups is 1. The van der Waals surface area contributed by atoms with Crippen LogP contribution in [0.5, 0.6) is 11.5 Å². The van der Waals surface area contributed by atoms with Crippen LogP contribution in [-0.2, 0) is 4.79 Å². The lowest BCUT2D eigenvalue weighted by atomic mass is 10.1. The zero-order chi connectivity index (χ0) is 19.9. The summed E-state index contributed by atoms with van der Waals surface area (Å²) in [6.07, 6.45) is 3.83. The van der Waals surface area contributed by atoms with Crippen LogP contribution in [0.3, 0.4) is 0 Å². The average Bonchev–Trinajstić information content (AvgIpc) is 2.97. The number of hydrogen-bond acceptors (Lipinski definition) is 4. The van der Waals surface area contributed by atoms with E-state index in [0.717, 1.165) is 24.1 Å². The number of benzene rings is 2. The first-order valence-electron chi connectivity index (χ1n) is 9.45. The molecule has 0 aliphatic carbocycles. The molecule has 0 atom stereocenters. The van der Waals surface area contributed by atoms with E-state index in [-0.39, 0.29) is 5.91 Å². The number of unbranched alkanes of at least 4 members (excludes halogenated alkanes) is 1. The maximum atomic E-state index is 12.8. The third-order valence-electron chi connectivity index (χ3n) is 4.23. The molecular formula is C22H24N2O3S. The van der Waals surface area contributed by atoms with E-state index in [1.165, 1.54) is 4.90 Å². The molecule has 1 heterocycles. The topological polar surface area (TPSA) is 50.8 Å². The van der Waals surface area contributed by atoms with E-state index in [1.807, 2.05) is 55.5 Å². The molecule has 0 unspecified atom stereocenters. The minimum absolute atomic E-state index is 0.183. The number of rotatable bonds is 8. The summed E-state index contributed by atoms with van der Waals surface area (Å²) in [6, 6.07) is 15.0. The molecule has 3 rings (SSSR count). The standard InChI is InChI=1S/C22H24N2O3S/c1-3-5-13-27-19-12-11-16(15-20(19)26-4-2)14-18-21(25)24(22(28)23-18)17-9-7-6-8-10-17/h6-12,14-15H,3-5,13H2,1-2H3,(H,23,28)/b18-14-. The molecule has 1 aliphatic heterocycles. The maximum absolute atomic E-state index is 12.8. The van der Waals surface area contributed by atoms with E-state index in [0.29, 0.717) is 35.5 Å². The Bertz CT molecular complexity index is 881. The number of hydrogen-bond donors (Lipinski definition) is 1. The third kappa shape index (κ3) is 4.51. The van der Waals surface area contributed by atoms with Crippen molar-refractivity contribution >= 4 is 35.0 Å². The number of nitrogens with one attached hydrogen (secondary N) is 1. The number of ether oxygens (including phenoxy) is 2. The van der Waals surface area contributed by atoms with Crippen molar-refractivity contribution in [1.82, 2.24) is 5.32 Å². The Morgan fingerprint density at radius 1 is 1.07 bits per heavy atom. The fourth-order valence-electron chi connectivity index (χ4n) is 2.84. The van der Waals surface area contributed by atoms with E-state index in [4.69, 9.17) is 21.7 Å². The Hall–Kier alpha value is -2.86. The van der Waals surface area contributed by atoms with E-state index >= 15 is 0 Å². The van der Waals surface area contributed by atoms with E-state index in [9.17, 15) is 4.79 Å². The first-order chi connectivity index (χ1) is 13.6. The van der Waals surface area contributed by atoms with Gasteiger partial charge in [-0.25, -0.2) is 0 Å². The Morgan fingerprint density at radius 2 is 1.86 bits per heavy atom. The summed E-state index contributed by atoms with van der Waals surface area (Å²) in [4.78, 5) is 14.3. The highest BCUT2D eigenvalue weighted by molar-refractivity contribution is 7.80. The lowest BCUT2D eigenvalue weighted by Gasteiger charge is -2.13. The minimum atomic E-state index is -0.183. The Morgan fingerprint density at radius 3 is 2.57 bits per heavy atom. The van der Waals surface area contributed by atoms with Crippen molar-refractivity contribution in [1.29, 1.82) is 0 Å². The third-order valence-corrected chi connectivity index (χ3v) is 4.51. The number of carbonyl (C=O) groups excluding carboxylic acids is 1. The summed E-state index contributed by atoms with van der Waals surface area (Å²) in [5.74, 6) is 1.20. The Labute approximate surface area is 170 Å². The second kappa shape index (κ2) is 9.37. The van der Waals surface area contributed by atoms with Gasteiger partial charge in [0, 0.05) is 0 Å². The zero-order valence-electron chi connectivity index (χ0n) is 16.1. The first kappa shape index (κ1) is 19.9. The van der Waals surface area contributed by atoms with Gasteiger partial charge in [-0.15, -0.1) is 0 Å². The zero-order valence-corrected chi connectivity index (χ0v) is 16.9. The minimum Gasteiger partial charge on any atom is -0.490 e. The van der Waals surface area contributed by atoms with Crippen LogP contribution in [0.1, 0.15) is 32.3 Å². The van der Waals surface area contributed by atoms with Crippen LogP contribution in [-0.4, -0.2) is 24.2 Å². The quantitative estimate of drug-likeness (QED) is 0.404. The Balaban J connectivity index is 1.83. The van der Waals surface area contributed by atoms with Crippen molar-refractivity contribution in [3.8, 4) is 11.5 Å². The summed E-state index contributed by atoms with van der Waals surface area (Å²) >= 11 is 5.35. The molecule has 0 spiro atoms. The normalized spacial score (nSPS) is 15.1. The van der Waals surface area contributed by atoms with Crippen LogP contribution in [0.25, 0.3) is 6.08 Å². The second-order valence-electron chi connectivity index (χ2n) is 6.31. The molecule has 1 amide bonds. The number of carbonyl (C=O) groups is 1. The SMILES string of the molecule is CCCCOc1ccc(/C=C2\NC(=S)N(c3ccccc3)C2=O)cc1OCC. The van der Waals surface area contributed by atoms with Gasteiger partial charge in [0.25, 0.3) is 5.91 Å². The molecule has 146 valence electrons. The van der Waals surface area contributed by atoms with E-state index in [1.54, 1.807) is 6.08 Å². The Kier molecular flexibility index (Phi) is 6.66. The van der Waals surface area contributed by atoms with Gasteiger partial charge in [-0.2, -0.15) is 0 Å². The van der Waals surface area contributed by atoms with Gasteiger partial charge in [0.1, 0.15) is 5.70 Å². The van der Waals surface area contributed by atoms with Gasteiger partial charge < -0.3 is 14.8 Å². The second-order valence-corrected chi connectivity index (χ2v) is 6.69. The molecule has 1 aliphatic rings. The van der Waals surface area contributed by atoms with Crippen molar-refractivity contribution in [3.63, 3.8) is 0 Å². The summed E-state index contributed by atoms with van der Waals surface area (Å²) in [6.45, 7) is 5.24. The van der Waals surface area contributed by atoms with Crippen molar-refractivity contribution in [3.05, 3.63) is 59.8 Å². The molecule has 2 aromatic carbocycles. The predicted molar refractivity (Wildman–Crippen MR) is 116 cm³/mol. The van der Waals surface area contributed by atoms with Crippen LogP contribution >= 0.6 is 12.2 Å². The molecule has 1 fully saturated rings. The molecule has 0 radical (unpaired) electrons. The first-order valence-corrected chi connectivity index (χ1v) is 9.86. The van der Waals surface area contributed by atoms with Crippen molar-refractivity contribution < 1.29 is 14.3 Å². The van der Waals surface area contributed by atoms with Crippen molar-refractivity contribution in [2.24, 2.45) is 0 Å². The molecule has 0 saturated carbocycles. The lowest BCUT2D eigenvalue weighted by molar-refractivity contribution is -0.113. The van der Waals surface area contributed by atoms with Gasteiger partial charge in [0.2, 0.25) is 0 Å². The molecule has 6 heteroatoms. The summed E-state index contributed by atoms with van der Waals surface area (Å²) < 4.78 is 11.5. The molecule has 1 saturated heterocycles.